The van der Waals surface area contributed by atoms with E-state index in [-0.39, 0.29) is 0 Å². The summed E-state index contributed by atoms with van der Waals surface area (Å²) in [5.74, 6) is 1.64. The van der Waals surface area contributed by atoms with Gasteiger partial charge in [-0.2, -0.15) is 5.10 Å². The predicted molar refractivity (Wildman–Crippen MR) is 105 cm³/mol. The molecule has 0 radical (unpaired) electrons. The number of ether oxygens (including phenoxy) is 1. The van der Waals surface area contributed by atoms with Crippen molar-refractivity contribution in [2.75, 3.05) is 7.11 Å². The summed E-state index contributed by atoms with van der Waals surface area (Å²) >= 11 is 1.59. The Morgan fingerprint density at radius 1 is 1.04 bits per heavy atom. The smallest absolute Gasteiger partial charge is 0.209 e. The molecule has 6 heteroatoms. The molecule has 0 aliphatic heterocycles. The van der Waals surface area contributed by atoms with Gasteiger partial charge in [-0.1, -0.05) is 42.1 Å². The third-order valence-electron chi connectivity index (χ3n) is 3.74. The Hall–Kier alpha value is -2.73. The molecule has 3 aromatic rings. The number of hydrogen-bond donors (Lipinski definition) is 0. The van der Waals surface area contributed by atoms with Crippen LogP contribution in [0.5, 0.6) is 5.75 Å². The van der Waals surface area contributed by atoms with Gasteiger partial charge in [0.05, 0.1) is 24.2 Å². The molecule has 2 aromatic carbocycles. The third-order valence-corrected chi connectivity index (χ3v) is 4.65. The summed E-state index contributed by atoms with van der Waals surface area (Å²) in [5.41, 5.74) is 3.84. The molecule has 0 aliphatic carbocycles. The summed E-state index contributed by atoms with van der Waals surface area (Å²) in [4.78, 5) is 9.09. The van der Waals surface area contributed by atoms with E-state index in [0.717, 1.165) is 28.6 Å². The zero-order chi connectivity index (χ0) is 18.2. The van der Waals surface area contributed by atoms with Gasteiger partial charge in [0.2, 0.25) is 5.16 Å². The van der Waals surface area contributed by atoms with Crippen molar-refractivity contribution in [3.63, 3.8) is 0 Å². The van der Waals surface area contributed by atoms with Gasteiger partial charge < -0.3 is 4.74 Å². The van der Waals surface area contributed by atoms with E-state index >= 15 is 0 Å². The maximum Gasteiger partial charge on any atom is 0.209 e. The summed E-state index contributed by atoms with van der Waals surface area (Å²) in [6.07, 6.45) is 2.47. The second kappa shape index (κ2) is 9.10. The Balaban J connectivity index is 1.62. The third kappa shape index (κ3) is 5.13. The molecule has 0 aliphatic rings. The number of nitrogens with zero attached hydrogens (tertiary/aromatic N) is 4. The van der Waals surface area contributed by atoms with Crippen LogP contribution in [-0.2, 0) is 12.2 Å². The number of aromatic nitrogens is 3. The zero-order valence-corrected chi connectivity index (χ0v) is 15.6. The maximum atomic E-state index is 5.15. The van der Waals surface area contributed by atoms with E-state index in [1.807, 2.05) is 55.6 Å². The minimum absolute atomic E-state index is 0.617. The van der Waals surface area contributed by atoms with Crippen molar-refractivity contribution >= 4 is 23.7 Å². The fourth-order valence-corrected chi connectivity index (χ4v) is 3.04. The van der Waals surface area contributed by atoms with Gasteiger partial charge in [-0.15, -0.1) is 5.10 Å². The van der Waals surface area contributed by atoms with Gasteiger partial charge in [0.1, 0.15) is 5.75 Å². The van der Waals surface area contributed by atoms with Crippen molar-refractivity contribution in [2.45, 2.75) is 24.3 Å². The summed E-state index contributed by atoms with van der Waals surface area (Å²) in [5, 5.41) is 9.10. The van der Waals surface area contributed by atoms with Crippen LogP contribution in [0.25, 0.3) is 0 Å². The minimum Gasteiger partial charge on any atom is -0.497 e. The maximum absolute atomic E-state index is 5.15. The molecule has 0 saturated carbocycles. The molecule has 0 bridgehead atoms. The highest BCUT2D eigenvalue weighted by molar-refractivity contribution is 7.98. The second-order valence-electron chi connectivity index (χ2n) is 5.61. The van der Waals surface area contributed by atoms with Gasteiger partial charge >= 0.3 is 0 Å². The van der Waals surface area contributed by atoms with Gasteiger partial charge in [-0.25, -0.2) is 4.98 Å². The predicted octanol–water partition coefficient (Wildman–Crippen LogP) is 4.43. The number of thioether (sulfide) groups is 1. The first-order valence-corrected chi connectivity index (χ1v) is 9.26. The highest BCUT2D eigenvalue weighted by atomic mass is 32.2. The van der Waals surface area contributed by atoms with E-state index in [2.05, 4.69) is 32.3 Å². The molecule has 0 amide bonds. The van der Waals surface area contributed by atoms with Gasteiger partial charge in [0.15, 0.2) is 0 Å². The Bertz CT molecular complexity index is 867. The normalized spacial score (nSPS) is 11.0. The minimum atomic E-state index is 0.617. The molecule has 0 unspecified atom stereocenters. The van der Waals surface area contributed by atoms with Crippen LogP contribution in [0.4, 0.5) is 5.69 Å². The highest BCUT2D eigenvalue weighted by Crippen LogP contribution is 2.20. The topological polar surface area (TPSA) is 60.3 Å². The Kier molecular flexibility index (Phi) is 6.33. The van der Waals surface area contributed by atoms with Crippen molar-refractivity contribution in [1.82, 2.24) is 15.2 Å². The SMILES string of the molecule is COc1ccc(N=CCc2nc(SCc3ccccc3)nnc2C)cc1. The molecule has 5 nitrogen and oxygen atoms in total. The molecule has 0 spiro atoms. The van der Waals surface area contributed by atoms with Crippen LogP contribution >= 0.6 is 11.8 Å². The van der Waals surface area contributed by atoms with Crippen LogP contribution in [0.15, 0.2) is 64.7 Å². The molecular formula is C20H20N4OS. The van der Waals surface area contributed by atoms with Crippen molar-refractivity contribution in [1.29, 1.82) is 0 Å². The lowest BCUT2D eigenvalue weighted by Gasteiger charge is -2.04. The molecule has 0 atom stereocenters. The van der Waals surface area contributed by atoms with E-state index in [1.54, 1.807) is 18.9 Å². The quantitative estimate of drug-likeness (QED) is 0.458. The number of methoxy groups -OCH3 is 1. The molecule has 0 fully saturated rings. The Morgan fingerprint density at radius 2 is 1.81 bits per heavy atom. The molecule has 132 valence electrons. The van der Waals surface area contributed by atoms with Crippen LogP contribution in [0, 0.1) is 6.92 Å². The largest absolute Gasteiger partial charge is 0.497 e. The summed E-state index contributed by atoms with van der Waals surface area (Å²) in [7, 11) is 1.65. The van der Waals surface area contributed by atoms with Gasteiger partial charge in [-0.3, -0.25) is 4.99 Å². The number of benzene rings is 2. The standard InChI is InChI=1S/C20H20N4OS/c1-15-19(12-13-21-17-8-10-18(25-2)11-9-17)22-20(24-23-15)26-14-16-6-4-3-5-7-16/h3-11,13H,12,14H2,1-2H3. The van der Waals surface area contributed by atoms with Crippen LogP contribution < -0.4 is 4.74 Å². The van der Waals surface area contributed by atoms with Gasteiger partial charge in [0, 0.05) is 18.4 Å². The van der Waals surface area contributed by atoms with Gasteiger partial charge in [0.25, 0.3) is 0 Å². The lowest BCUT2D eigenvalue weighted by molar-refractivity contribution is 0.415. The van der Waals surface area contributed by atoms with Crippen molar-refractivity contribution < 1.29 is 4.74 Å². The molecular weight excluding hydrogens is 344 g/mol. The highest BCUT2D eigenvalue weighted by Gasteiger charge is 2.06. The fourth-order valence-electron chi connectivity index (χ4n) is 2.28. The first kappa shape index (κ1) is 18.1. The van der Waals surface area contributed by atoms with Crippen molar-refractivity contribution in [3.05, 3.63) is 71.5 Å². The van der Waals surface area contributed by atoms with E-state index in [4.69, 9.17) is 4.74 Å². The second-order valence-corrected chi connectivity index (χ2v) is 6.56. The van der Waals surface area contributed by atoms with E-state index in [0.29, 0.717) is 11.6 Å². The number of rotatable bonds is 7. The fraction of sp³-hybridized carbons (Fsp3) is 0.200. The van der Waals surface area contributed by atoms with Crippen LogP contribution in [-0.4, -0.2) is 28.5 Å². The summed E-state index contributed by atoms with van der Waals surface area (Å²) in [6, 6.07) is 17.9. The number of hydrogen-bond acceptors (Lipinski definition) is 6. The van der Waals surface area contributed by atoms with Crippen LogP contribution in [0.1, 0.15) is 17.0 Å². The average molecular weight is 364 g/mol. The molecule has 26 heavy (non-hydrogen) atoms. The zero-order valence-electron chi connectivity index (χ0n) is 14.8. The van der Waals surface area contributed by atoms with Crippen molar-refractivity contribution in [2.24, 2.45) is 4.99 Å². The Morgan fingerprint density at radius 3 is 2.54 bits per heavy atom. The van der Waals surface area contributed by atoms with Crippen LogP contribution in [0.3, 0.4) is 0 Å². The van der Waals surface area contributed by atoms with Crippen molar-refractivity contribution in [3.8, 4) is 5.75 Å². The van der Waals surface area contributed by atoms with Gasteiger partial charge in [-0.05, 0) is 36.8 Å². The first-order chi connectivity index (χ1) is 12.7. The van der Waals surface area contributed by atoms with E-state index < -0.39 is 0 Å². The molecule has 1 aromatic heterocycles. The lowest BCUT2D eigenvalue weighted by atomic mass is 10.2. The summed E-state index contributed by atoms with van der Waals surface area (Å²) < 4.78 is 5.15. The number of aryl methyl sites for hydroxylation is 1. The molecule has 0 N–H and O–H groups in total. The van der Waals surface area contributed by atoms with E-state index in [1.165, 1.54) is 5.56 Å². The lowest BCUT2D eigenvalue weighted by Crippen LogP contribution is -2.03. The summed E-state index contributed by atoms with van der Waals surface area (Å²) in [6.45, 7) is 1.92. The molecule has 0 saturated heterocycles. The average Bonchev–Trinajstić information content (AvgIpc) is 2.69. The first-order valence-electron chi connectivity index (χ1n) is 8.28. The van der Waals surface area contributed by atoms with E-state index in [9.17, 15) is 0 Å². The Labute approximate surface area is 157 Å². The molecule has 3 rings (SSSR count). The number of aliphatic imine (C=N–C) groups is 1. The molecule has 1 heterocycles. The monoisotopic (exact) mass is 364 g/mol. The van der Waals surface area contributed by atoms with Crippen LogP contribution in [0.2, 0.25) is 0 Å².